The van der Waals surface area contributed by atoms with Gasteiger partial charge in [0.05, 0.1) is 30.3 Å². The highest BCUT2D eigenvalue weighted by molar-refractivity contribution is 7.12. The van der Waals surface area contributed by atoms with Crippen LogP contribution in [0.4, 0.5) is 0 Å². The number of hydrazone groups is 1. The molecule has 1 aromatic heterocycles. The summed E-state index contributed by atoms with van der Waals surface area (Å²) in [6.45, 7) is 0.475. The van der Waals surface area contributed by atoms with Gasteiger partial charge in [-0.25, -0.2) is 5.01 Å². The van der Waals surface area contributed by atoms with Gasteiger partial charge in [-0.1, -0.05) is 48.0 Å². The highest BCUT2D eigenvalue weighted by atomic mass is 35.5. The summed E-state index contributed by atoms with van der Waals surface area (Å²) in [5.74, 6) is 0.196. The largest absolute Gasteiger partial charge is 0.497 e. The first kappa shape index (κ1) is 24.9. The number of amides is 2. The molecule has 2 amide bonds. The maximum atomic E-state index is 13.6. The summed E-state index contributed by atoms with van der Waals surface area (Å²) in [5, 5.41) is 8.56. The van der Waals surface area contributed by atoms with Gasteiger partial charge in [-0.15, -0.1) is 11.3 Å². The number of ether oxygens (including phenoxy) is 2. The zero-order valence-corrected chi connectivity index (χ0v) is 21.1. The van der Waals surface area contributed by atoms with E-state index >= 15 is 0 Å². The van der Waals surface area contributed by atoms with E-state index in [1.54, 1.807) is 26.4 Å². The van der Waals surface area contributed by atoms with E-state index in [0.717, 1.165) is 16.8 Å². The minimum Gasteiger partial charge on any atom is -0.497 e. The molecular formula is C26H26ClN3O4S. The van der Waals surface area contributed by atoms with Crippen molar-refractivity contribution in [3.63, 3.8) is 0 Å². The summed E-state index contributed by atoms with van der Waals surface area (Å²) in [7, 11) is 3.17. The Labute approximate surface area is 213 Å². The number of thiophene rings is 1. The molecule has 1 aliphatic rings. The van der Waals surface area contributed by atoms with E-state index in [1.807, 2.05) is 53.9 Å². The molecule has 3 aromatic rings. The van der Waals surface area contributed by atoms with Crippen molar-refractivity contribution in [1.29, 1.82) is 0 Å². The van der Waals surface area contributed by atoms with Gasteiger partial charge in [0.1, 0.15) is 12.3 Å². The molecule has 2 heterocycles. The number of methoxy groups -OCH3 is 2. The zero-order chi connectivity index (χ0) is 24.8. The lowest BCUT2D eigenvalue weighted by atomic mass is 9.98. The Morgan fingerprint density at radius 3 is 2.69 bits per heavy atom. The summed E-state index contributed by atoms with van der Waals surface area (Å²) >= 11 is 7.86. The number of nitrogens with zero attached hydrogens (tertiary/aromatic N) is 3. The molecule has 0 saturated carbocycles. The number of halogens is 1. The predicted molar refractivity (Wildman–Crippen MR) is 137 cm³/mol. The maximum Gasteiger partial charge on any atom is 0.264 e. The third-order valence-electron chi connectivity index (χ3n) is 5.74. The van der Waals surface area contributed by atoms with Crippen LogP contribution < -0.4 is 4.74 Å². The summed E-state index contributed by atoms with van der Waals surface area (Å²) in [4.78, 5) is 28.7. The lowest BCUT2D eigenvalue weighted by molar-refractivity contribution is -0.133. The third kappa shape index (κ3) is 5.73. The number of carbonyl (C=O) groups excluding carboxylic acids is 2. The fourth-order valence-electron chi connectivity index (χ4n) is 3.95. The Hall–Kier alpha value is -3.20. The van der Waals surface area contributed by atoms with E-state index in [1.165, 1.54) is 21.2 Å². The van der Waals surface area contributed by atoms with Crippen molar-refractivity contribution in [1.82, 2.24) is 9.91 Å². The molecule has 4 rings (SSSR count). The SMILES string of the molecule is COCCN(CC(=O)N1N=C(c2cccc(OC)c2)CC1c1ccccc1Cl)C(=O)c1cccs1. The molecule has 35 heavy (non-hydrogen) atoms. The second kappa shape index (κ2) is 11.5. The molecule has 2 aromatic carbocycles. The van der Waals surface area contributed by atoms with Crippen molar-refractivity contribution < 1.29 is 19.1 Å². The molecule has 1 atom stereocenters. The van der Waals surface area contributed by atoms with Crippen LogP contribution in [0, 0.1) is 0 Å². The average molecular weight is 512 g/mol. The van der Waals surface area contributed by atoms with Crippen LogP contribution >= 0.6 is 22.9 Å². The lowest BCUT2D eigenvalue weighted by Crippen LogP contribution is -2.42. The van der Waals surface area contributed by atoms with Gasteiger partial charge in [0, 0.05) is 30.7 Å². The van der Waals surface area contributed by atoms with Crippen LogP contribution in [-0.2, 0) is 9.53 Å². The van der Waals surface area contributed by atoms with Crippen molar-refractivity contribution in [3.8, 4) is 5.75 Å². The van der Waals surface area contributed by atoms with Crippen LogP contribution in [0.3, 0.4) is 0 Å². The van der Waals surface area contributed by atoms with Crippen LogP contribution in [0.1, 0.15) is 33.3 Å². The van der Waals surface area contributed by atoms with Gasteiger partial charge >= 0.3 is 0 Å². The summed E-state index contributed by atoms with van der Waals surface area (Å²) in [6.07, 6.45) is 0.486. The molecule has 182 valence electrons. The van der Waals surface area contributed by atoms with Crippen LogP contribution in [0.25, 0.3) is 0 Å². The van der Waals surface area contributed by atoms with Crippen molar-refractivity contribution in [2.75, 3.05) is 33.9 Å². The summed E-state index contributed by atoms with van der Waals surface area (Å²) in [5.41, 5.74) is 2.41. The van der Waals surface area contributed by atoms with E-state index in [0.29, 0.717) is 28.7 Å². The Morgan fingerprint density at radius 2 is 1.97 bits per heavy atom. The maximum absolute atomic E-state index is 13.6. The van der Waals surface area contributed by atoms with Crippen molar-refractivity contribution in [2.45, 2.75) is 12.5 Å². The molecule has 0 bridgehead atoms. The minimum absolute atomic E-state index is 0.129. The normalized spacial score (nSPS) is 15.1. The van der Waals surface area contributed by atoms with Gasteiger partial charge in [0.25, 0.3) is 11.8 Å². The van der Waals surface area contributed by atoms with E-state index in [9.17, 15) is 9.59 Å². The topological polar surface area (TPSA) is 71.4 Å². The monoisotopic (exact) mass is 511 g/mol. The first-order chi connectivity index (χ1) is 17.0. The number of hydrogen-bond donors (Lipinski definition) is 0. The molecule has 1 unspecified atom stereocenters. The third-order valence-corrected chi connectivity index (χ3v) is 6.95. The first-order valence-corrected chi connectivity index (χ1v) is 12.4. The molecule has 0 spiro atoms. The summed E-state index contributed by atoms with van der Waals surface area (Å²) < 4.78 is 10.5. The Bertz CT molecular complexity index is 1210. The Kier molecular flexibility index (Phi) is 8.17. The van der Waals surface area contributed by atoms with Crippen molar-refractivity contribution in [3.05, 3.63) is 87.1 Å². The molecule has 9 heteroatoms. The standard InChI is InChI=1S/C26H26ClN3O4S/c1-33-13-12-29(26(32)24-11-6-14-35-24)17-25(31)30-23(20-9-3-4-10-21(20)27)16-22(28-30)18-7-5-8-19(15-18)34-2/h3-11,14-15,23H,12-13,16-17H2,1-2H3. The van der Waals surface area contributed by atoms with Gasteiger partial charge in [-0.05, 0) is 35.2 Å². The smallest absolute Gasteiger partial charge is 0.264 e. The summed E-state index contributed by atoms with van der Waals surface area (Å²) in [6, 6.07) is 18.2. The fourth-order valence-corrected chi connectivity index (χ4v) is 4.90. The van der Waals surface area contributed by atoms with Gasteiger partial charge in [-0.2, -0.15) is 5.10 Å². The number of benzene rings is 2. The predicted octanol–water partition coefficient (Wildman–Crippen LogP) is 4.88. The van der Waals surface area contributed by atoms with Crippen molar-refractivity contribution in [2.24, 2.45) is 5.10 Å². The van der Waals surface area contributed by atoms with Gasteiger partial charge < -0.3 is 14.4 Å². The molecule has 7 nitrogen and oxygen atoms in total. The van der Waals surface area contributed by atoms with E-state index in [4.69, 9.17) is 26.2 Å². The number of rotatable bonds is 9. The first-order valence-electron chi connectivity index (χ1n) is 11.1. The fraction of sp³-hybridized carbons (Fsp3) is 0.269. The van der Waals surface area contributed by atoms with Crippen LogP contribution in [0.15, 0.2) is 71.1 Å². The highest BCUT2D eigenvalue weighted by Crippen LogP contribution is 2.36. The van der Waals surface area contributed by atoms with Crippen LogP contribution in [0.2, 0.25) is 5.02 Å². The molecule has 0 saturated heterocycles. The quantitative estimate of drug-likeness (QED) is 0.410. The van der Waals surface area contributed by atoms with Gasteiger partial charge in [-0.3, -0.25) is 9.59 Å². The molecule has 1 aliphatic heterocycles. The van der Waals surface area contributed by atoms with Crippen LogP contribution in [-0.4, -0.2) is 61.4 Å². The van der Waals surface area contributed by atoms with E-state index < -0.39 is 6.04 Å². The number of hydrogen-bond acceptors (Lipinski definition) is 6. The van der Waals surface area contributed by atoms with E-state index in [2.05, 4.69) is 0 Å². The average Bonchev–Trinajstić information content (AvgIpc) is 3.57. The molecular weight excluding hydrogens is 486 g/mol. The Balaban J connectivity index is 1.65. The Morgan fingerprint density at radius 1 is 1.14 bits per heavy atom. The van der Waals surface area contributed by atoms with E-state index in [-0.39, 0.29) is 24.9 Å². The molecule has 0 aliphatic carbocycles. The lowest BCUT2D eigenvalue weighted by Gasteiger charge is -2.27. The van der Waals surface area contributed by atoms with Crippen molar-refractivity contribution >= 4 is 40.5 Å². The molecule has 0 radical (unpaired) electrons. The van der Waals surface area contributed by atoms with Crippen LogP contribution in [0.5, 0.6) is 5.75 Å². The minimum atomic E-state index is -0.390. The van der Waals surface area contributed by atoms with Gasteiger partial charge in [0.2, 0.25) is 0 Å². The van der Waals surface area contributed by atoms with Gasteiger partial charge in [0.15, 0.2) is 0 Å². The molecule has 0 fully saturated rings. The second-order valence-corrected chi connectivity index (χ2v) is 9.31. The molecule has 0 N–H and O–H groups in total. The zero-order valence-electron chi connectivity index (χ0n) is 19.5. The highest BCUT2D eigenvalue weighted by Gasteiger charge is 2.35. The second-order valence-electron chi connectivity index (χ2n) is 7.96. The number of carbonyl (C=O) groups is 2.